The van der Waals surface area contributed by atoms with Crippen LogP contribution < -0.4 is 5.32 Å². The van der Waals surface area contributed by atoms with E-state index < -0.39 is 0 Å². The van der Waals surface area contributed by atoms with E-state index in [-0.39, 0.29) is 12.0 Å². The number of anilines is 1. The zero-order valence-corrected chi connectivity index (χ0v) is 17.8. The van der Waals surface area contributed by atoms with E-state index in [1.54, 1.807) is 0 Å². The first-order valence-electron chi connectivity index (χ1n) is 10.1. The van der Waals surface area contributed by atoms with Crippen LogP contribution in [0, 0.1) is 12.8 Å². The van der Waals surface area contributed by atoms with Crippen LogP contribution in [-0.4, -0.2) is 30.2 Å². The summed E-state index contributed by atoms with van der Waals surface area (Å²) >= 11 is 1.49. The number of aryl methyl sites for hydroxylation is 1. The fourth-order valence-electron chi connectivity index (χ4n) is 3.27. The molecule has 1 atom stereocenters. The molecule has 1 aliphatic rings. The molecule has 0 aliphatic carbocycles. The average Bonchev–Trinajstić information content (AvgIpc) is 3.02. The van der Waals surface area contributed by atoms with Gasteiger partial charge in [-0.3, -0.25) is 4.79 Å². The van der Waals surface area contributed by atoms with Crippen LogP contribution in [0.3, 0.4) is 0 Å². The summed E-state index contributed by atoms with van der Waals surface area (Å²) in [6, 6.07) is 7.81. The number of carbonyl (C=O) groups is 1. The van der Waals surface area contributed by atoms with Gasteiger partial charge in [-0.15, -0.1) is 11.3 Å². The molecule has 1 aliphatic heterocycles. The summed E-state index contributed by atoms with van der Waals surface area (Å²) < 4.78 is 11.5. The Morgan fingerprint density at radius 2 is 2.25 bits per heavy atom. The van der Waals surface area contributed by atoms with Gasteiger partial charge in [0.05, 0.1) is 30.0 Å². The summed E-state index contributed by atoms with van der Waals surface area (Å²) in [5.74, 6) is 0.427. The Labute approximate surface area is 171 Å². The minimum atomic E-state index is -0.0984. The number of nitrogens with one attached hydrogen (secondary N) is 1. The molecule has 0 saturated carbocycles. The van der Waals surface area contributed by atoms with E-state index >= 15 is 0 Å². The number of hydrogen-bond acceptors (Lipinski definition) is 5. The third-order valence-electron chi connectivity index (χ3n) is 4.66. The van der Waals surface area contributed by atoms with Crippen LogP contribution in [0.25, 0.3) is 0 Å². The Morgan fingerprint density at radius 3 is 3.00 bits per heavy atom. The Balaban J connectivity index is 1.55. The number of hydrogen-bond donors (Lipinski definition) is 1. The van der Waals surface area contributed by atoms with Crippen molar-refractivity contribution in [2.75, 3.05) is 18.5 Å². The number of amides is 1. The molecular formula is C22H30N2O3S. The van der Waals surface area contributed by atoms with E-state index in [0.717, 1.165) is 47.8 Å². The second-order valence-corrected chi connectivity index (χ2v) is 8.86. The van der Waals surface area contributed by atoms with Crippen LogP contribution in [0.5, 0.6) is 0 Å². The number of benzene rings is 1. The average molecular weight is 403 g/mol. The molecule has 1 saturated heterocycles. The summed E-state index contributed by atoms with van der Waals surface area (Å²) in [5, 5.41) is 4.02. The summed E-state index contributed by atoms with van der Waals surface area (Å²) in [4.78, 5) is 17.9. The normalized spacial score (nSPS) is 17.1. The summed E-state index contributed by atoms with van der Waals surface area (Å²) in [6.07, 6.45) is 4.55. The summed E-state index contributed by atoms with van der Waals surface area (Å²) in [6.45, 7) is 8.18. The summed E-state index contributed by atoms with van der Waals surface area (Å²) in [5.41, 5.74) is 2.61. The van der Waals surface area contributed by atoms with Gasteiger partial charge < -0.3 is 14.8 Å². The predicted molar refractivity (Wildman–Crippen MR) is 113 cm³/mol. The SMILES string of the molecule is Cc1nc(CC(C)C)sc1C(=O)Nc1cccc(COCC2CCCCO2)c1. The van der Waals surface area contributed by atoms with Crippen molar-refractivity contribution < 1.29 is 14.3 Å². The van der Waals surface area contributed by atoms with Crippen LogP contribution in [0.1, 0.15) is 59.0 Å². The van der Waals surface area contributed by atoms with Crippen LogP contribution >= 0.6 is 11.3 Å². The lowest BCUT2D eigenvalue weighted by Gasteiger charge is -2.22. The van der Waals surface area contributed by atoms with Crippen molar-refractivity contribution in [1.82, 2.24) is 4.98 Å². The standard InChI is InChI=1S/C22H30N2O3S/c1-15(2)11-20-23-16(3)21(28-20)22(25)24-18-8-6-7-17(12-18)13-26-14-19-9-4-5-10-27-19/h6-8,12,15,19H,4-5,9-11,13-14H2,1-3H3,(H,24,25). The maximum absolute atomic E-state index is 12.7. The molecule has 0 bridgehead atoms. The van der Waals surface area contributed by atoms with E-state index in [4.69, 9.17) is 9.47 Å². The molecule has 1 N–H and O–H groups in total. The highest BCUT2D eigenvalue weighted by Gasteiger charge is 2.17. The van der Waals surface area contributed by atoms with E-state index in [0.29, 0.717) is 24.0 Å². The third kappa shape index (κ3) is 6.12. The van der Waals surface area contributed by atoms with Gasteiger partial charge >= 0.3 is 0 Å². The second-order valence-electron chi connectivity index (χ2n) is 7.78. The largest absolute Gasteiger partial charge is 0.376 e. The topological polar surface area (TPSA) is 60.5 Å². The number of ether oxygens (including phenoxy) is 2. The van der Waals surface area contributed by atoms with Crippen molar-refractivity contribution in [3.05, 3.63) is 45.4 Å². The number of aromatic nitrogens is 1. The van der Waals surface area contributed by atoms with Crippen LogP contribution in [0.2, 0.25) is 0 Å². The number of nitrogens with zero attached hydrogens (tertiary/aromatic N) is 1. The molecule has 3 rings (SSSR count). The van der Waals surface area contributed by atoms with Gasteiger partial charge in [-0.05, 0) is 49.8 Å². The Morgan fingerprint density at radius 1 is 1.39 bits per heavy atom. The molecule has 0 spiro atoms. The predicted octanol–water partition coefficient (Wildman–Crippen LogP) is 4.99. The van der Waals surface area contributed by atoms with Crippen molar-refractivity contribution in [2.24, 2.45) is 5.92 Å². The Kier molecular flexibility index (Phi) is 7.59. The van der Waals surface area contributed by atoms with Crippen molar-refractivity contribution in [3.63, 3.8) is 0 Å². The fourth-order valence-corrected chi connectivity index (χ4v) is 4.45. The lowest BCUT2D eigenvalue weighted by atomic mass is 10.1. The van der Waals surface area contributed by atoms with E-state index in [1.165, 1.54) is 17.8 Å². The first-order chi connectivity index (χ1) is 13.5. The Hall–Kier alpha value is -1.76. The summed E-state index contributed by atoms with van der Waals surface area (Å²) in [7, 11) is 0. The van der Waals surface area contributed by atoms with Gasteiger partial charge in [0.15, 0.2) is 0 Å². The highest BCUT2D eigenvalue weighted by atomic mass is 32.1. The van der Waals surface area contributed by atoms with Gasteiger partial charge in [0.1, 0.15) is 4.88 Å². The number of carbonyl (C=O) groups excluding carboxylic acids is 1. The lowest BCUT2D eigenvalue weighted by molar-refractivity contribution is -0.0447. The van der Waals surface area contributed by atoms with Gasteiger partial charge in [0.2, 0.25) is 0 Å². The van der Waals surface area contributed by atoms with Crippen molar-refractivity contribution in [2.45, 2.75) is 59.2 Å². The molecule has 1 unspecified atom stereocenters. The van der Waals surface area contributed by atoms with Crippen molar-refractivity contribution in [3.8, 4) is 0 Å². The molecule has 1 amide bonds. The van der Waals surface area contributed by atoms with Gasteiger partial charge in [-0.25, -0.2) is 4.98 Å². The first kappa shape index (κ1) is 21.0. The van der Waals surface area contributed by atoms with Crippen LogP contribution in [0.15, 0.2) is 24.3 Å². The molecule has 0 radical (unpaired) electrons. The molecule has 1 aromatic carbocycles. The molecule has 28 heavy (non-hydrogen) atoms. The lowest BCUT2D eigenvalue weighted by Crippen LogP contribution is -2.24. The minimum absolute atomic E-state index is 0.0984. The number of rotatable bonds is 8. The quantitative estimate of drug-likeness (QED) is 0.676. The zero-order valence-electron chi connectivity index (χ0n) is 17.0. The highest BCUT2D eigenvalue weighted by molar-refractivity contribution is 7.13. The third-order valence-corrected chi connectivity index (χ3v) is 5.84. The fraction of sp³-hybridized carbons (Fsp3) is 0.545. The van der Waals surface area contributed by atoms with Gasteiger partial charge in [-0.1, -0.05) is 26.0 Å². The molecule has 1 fully saturated rings. The van der Waals surface area contributed by atoms with Gasteiger partial charge in [0.25, 0.3) is 5.91 Å². The maximum atomic E-state index is 12.7. The van der Waals surface area contributed by atoms with E-state index in [9.17, 15) is 4.79 Å². The molecule has 152 valence electrons. The molecule has 1 aromatic heterocycles. The van der Waals surface area contributed by atoms with Gasteiger partial charge in [-0.2, -0.15) is 0 Å². The highest BCUT2D eigenvalue weighted by Crippen LogP contribution is 2.22. The monoisotopic (exact) mass is 402 g/mol. The van der Waals surface area contributed by atoms with Crippen LogP contribution in [0.4, 0.5) is 5.69 Å². The smallest absolute Gasteiger partial charge is 0.267 e. The second kappa shape index (κ2) is 10.1. The zero-order chi connectivity index (χ0) is 19.9. The molecule has 5 nitrogen and oxygen atoms in total. The van der Waals surface area contributed by atoms with E-state index in [2.05, 4.69) is 24.1 Å². The molecule has 6 heteroatoms. The molecule has 2 aromatic rings. The molecule has 2 heterocycles. The van der Waals surface area contributed by atoms with E-state index in [1.807, 2.05) is 31.2 Å². The van der Waals surface area contributed by atoms with Crippen molar-refractivity contribution in [1.29, 1.82) is 0 Å². The van der Waals surface area contributed by atoms with Crippen LogP contribution in [-0.2, 0) is 22.5 Å². The molecular weight excluding hydrogens is 372 g/mol. The Bertz CT molecular complexity index is 782. The minimum Gasteiger partial charge on any atom is -0.376 e. The number of thiazole rings is 1. The van der Waals surface area contributed by atoms with Crippen molar-refractivity contribution >= 4 is 22.9 Å². The maximum Gasteiger partial charge on any atom is 0.267 e. The first-order valence-corrected chi connectivity index (χ1v) is 10.9. The van der Waals surface area contributed by atoms with Gasteiger partial charge in [0, 0.05) is 18.7 Å².